The molecule has 0 saturated heterocycles. The van der Waals surface area contributed by atoms with E-state index < -0.39 is 0 Å². The average Bonchev–Trinajstić information content (AvgIpc) is 2.33. The summed E-state index contributed by atoms with van der Waals surface area (Å²) in [5.41, 5.74) is 4.71. The second-order valence-electron chi connectivity index (χ2n) is 4.49. The number of hydrogen-bond acceptors (Lipinski definition) is 0. The maximum Gasteiger partial charge on any atom is 0.0670 e. The average molecular weight is 467 g/mol. The van der Waals surface area contributed by atoms with Gasteiger partial charge in [-0.2, -0.15) is 0 Å². The summed E-state index contributed by atoms with van der Waals surface area (Å²) in [7, 11) is 0. The number of rotatable bonds is 2. The van der Waals surface area contributed by atoms with Gasteiger partial charge in [0.05, 0.1) is 4.83 Å². The van der Waals surface area contributed by atoms with Crippen molar-refractivity contribution in [3.63, 3.8) is 0 Å². The van der Waals surface area contributed by atoms with E-state index in [1.54, 1.807) is 0 Å². The van der Waals surface area contributed by atoms with E-state index in [-0.39, 0.29) is 4.83 Å². The molecule has 0 radical (unpaired) electrons. The van der Waals surface area contributed by atoms with Crippen LogP contribution in [0, 0.1) is 13.8 Å². The number of hydrogen-bond donors (Lipinski definition) is 0. The summed E-state index contributed by atoms with van der Waals surface area (Å²) in [4.78, 5) is 0.0711. The molecule has 1 unspecified atom stereocenters. The molecular weight excluding hydrogens is 455 g/mol. The lowest BCUT2D eigenvalue weighted by Gasteiger charge is -2.16. The molecule has 19 heavy (non-hydrogen) atoms. The van der Waals surface area contributed by atoms with E-state index in [9.17, 15) is 0 Å². The van der Waals surface area contributed by atoms with Crippen LogP contribution in [-0.2, 0) is 0 Å². The molecule has 0 aliphatic rings. The van der Waals surface area contributed by atoms with E-state index in [0.29, 0.717) is 0 Å². The molecule has 4 heteroatoms. The van der Waals surface area contributed by atoms with Gasteiger partial charge in [0.2, 0.25) is 0 Å². The van der Waals surface area contributed by atoms with E-state index in [2.05, 4.69) is 73.8 Å². The quantitative estimate of drug-likeness (QED) is 0.419. The van der Waals surface area contributed by atoms with Gasteiger partial charge >= 0.3 is 0 Å². The topological polar surface area (TPSA) is 0 Å². The Bertz CT molecular complexity index is 623. The Kier molecular flexibility index (Phi) is 5.15. The van der Waals surface area contributed by atoms with Crippen LogP contribution in [0.25, 0.3) is 0 Å². The van der Waals surface area contributed by atoms with Gasteiger partial charge in [-0.1, -0.05) is 71.5 Å². The Labute approximate surface area is 143 Å². The van der Waals surface area contributed by atoms with Gasteiger partial charge in [0.15, 0.2) is 0 Å². The molecule has 0 amide bonds. The van der Waals surface area contributed by atoms with E-state index in [1.807, 2.05) is 18.2 Å². The van der Waals surface area contributed by atoms with Crippen molar-refractivity contribution in [2.75, 3.05) is 0 Å². The zero-order valence-electron chi connectivity index (χ0n) is 10.5. The van der Waals surface area contributed by atoms with Crippen LogP contribution in [0.15, 0.2) is 39.3 Å². The van der Waals surface area contributed by atoms with Gasteiger partial charge in [-0.05, 0) is 54.3 Å². The van der Waals surface area contributed by atoms with Crippen LogP contribution >= 0.6 is 59.4 Å². The maximum absolute atomic E-state index is 6.38. The van der Waals surface area contributed by atoms with Crippen LogP contribution in [0.5, 0.6) is 0 Å². The molecule has 2 rings (SSSR count). The van der Waals surface area contributed by atoms with Crippen molar-refractivity contribution in [3.8, 4) is 0 Å². The first kappa shape index (κ1) is 15.6. The van der Waals surface area contributed by atoms with Crippen molar-refractivity contribution in [2.24, 2.45) is 0 Å². The highest BCUT2D eigenvalue weighted by Crippen LogP contribution is 2.40. The summed E-state index contributed by atoms with van der Waals surface area (Å²) in [6, 6.07) is 10.3. The van der Waals surface area contributed by atoms with Gasteiger partial charge in [-0.15, -0.1) is 0 Å². The summed E-state index contributed by atoms with van der Waals surface area (Å²) in [5, 5.41) is 0.791. The first-order chi connectivity index (χ1) is 8.90. The lowest BCUT2D eigenvalue weighted by Crippen LogP contribution is -1.97. The Balaban J connectivity index is 2.49. The summed E-state index contributed by atoms with van der Waals surface area (Å²) in [6.45, 7) is 4.18. The molecule has 0 aliphatic heterocycles. The van der Waals surface area contributed by atoms with Crippen molar-refractivity contribution in [3.05, 3.63) is 66.6 Å². The highest BCUT2D eigenvalue weighted by molar-refractivity contribution is 9.11. The second-order valence-corrected chi connectivity index (χ2v) is 7.58. The molecule has 0 N–H and O–H groups in total. The first-order valence-electron chi connectivity index (χ1n) is 5.76. The van der Waals surface area contributed by atoms with Crippen LogP contribution in [0.3, 0.4) is 0 Å². The predicted octanol–water partition coefficient (Wildman–Crippen LogP) is 6.97. The highest BCUT2D eigenvalue weighted by atomic mass is 79.9. The minimum atomic E-state index is 0.0711. The van der Waals surface area contributed by atoms with Crippen LogP contribution in [-0.4, -0.2) is 0 Å². The fourth-order valence-corrected chi connectivity index (χ4v) is 4.69. The van der Waals surface area contributed by atoms with E-state index in [0.717, 1.165) is 25.1 Å². The third-order valence-corrected chi connectivity index (χ3v) is 5.62. The van der Waals surface area contributed by atoms with Crippen LogP contribution in [0.1, 0.15) is 27.1 Å². The highest BCUT2D eigenvalue weighted by Gasteiger charge is 2.17. The van der Waals surface area contributed by atoms with Gasteiger partial charge in [0.1, 0.15) is 0 Å². The number of alkyl halides is 1. The fourth-order valence-electron chi connectivity index (χ4n) is 1.87. The fraction of sp³-hybridized carbons (Fsp3) is 0.200. The van der Waals surface area contributed by atoms with Crippen molar-refractivity contribution in [2.45, 2.75) is 18.7 Å². The Morgan fingerprint density at radius 3 is 2.21 bits per heavy atom. The normalized spacial score (nSPS) is 12.5. The van der Waals surface area contributed by atoms with Crippen LogP contribution in [0.2, 0.25) is 5.02 Å². The minimum absolute atomic E-state index is 0.0711. The third kappa shape index (κ3) is 3.44. The lowest BCUT2D eigenvalue weighted by molar-refractivity contribution is 1.14. The Hall–Kier alpha value is 0.170. The molecule has 2 aromatic carbocycles. The zero-order valence-corrected chi connectivity index (χ0v) is 16.0. The first-order valence-corrected chi connectivity index (χ1v) is 8.63. The standard InChI is InChI=1S/C15H12Br3Cl/c1-8-5-12(14(19)6-9(8)2)15(18)11-4-3-10(16)7-13(11)17/h3-7,15H,1-2H3. The Morgan fingerprint density at radius 1 is 0.947 bits per heavy atom. The van der Waals surface area contributed by atoms with E-state index >= 15 is 0 Å². The lowest BCUT2D eigenvalue weighted by atomic mass is 10.0. The molecule has 0 saturated carbocycles. The van der Waals surface area contributed by atoms with Crippen molar-refractivity contribution in [1.29, 1.82) is 0 Å². The number of halogens is 4. The molecule has 1 atom stereocenters. The summed E-state index contributed by atoms with van der Waals surface area (Å²) in [6.07, 6.45) is 0. The molecule has 0 aliphatic carbocycles. The molecule has 0 heterocycles. The summed E-state index contributed by atoms with van der Waals surface area (Å²) >= 11 is 17.2. The molecule has 0 fully saturated rings. The monoisotopic (exact) mass is 464 g/mol. The van der Waals surface area contributed by atoms with Gasteiger partial charge in [0, 0.05) is 14.0 Å². The van der Waals surface area contributed by atoms with Crippen molar-refractivity contribution >= 4 is 59.4 Å². The third-order valence-electron chi connectivity index (χ3n) is 3.12. The molecular formula is C15H12Br3Cl. The SMILES string of the molecule is Cc1cc(Cl)c(C(Br)c2ccc(Br)cc2Br)cc1C. The molecule has 0 aromatic heterocycles. The molecule has 0 bridgehead atoms. The van der Waals surface area contributed by atoms with Crippen molar-refractivity contribution < 1.29 is 0 Å². The smallest absolute Gasteiger partial charge is 0.0670 e. The van der Waals surface area contributed by atoms with Gasteiger partial charge < -0.3 is 0 Å². The summed E-state index contributed by atoms with van der Waals surface area (Å²) < 4.78 is 2.10. The van der Waals surface area contributed by atoms with Crippen LogP contribution in [0.4, 0.5) is 0 Å². The molecule has 0 nitrogen and oxygen atoms in total. The van der Waals surface area contributed by atoms with E-state index in [1.165, 1.54) is 11.1 Å². The Morgan fingerprint density at radius 2 is 1.58 bits per heavy atom. The minimum Gasteiger partial charge on any atom is -0.0840 e. The maximum atomic E-state index is 6.38. The van der Waals surface area contributed by atoms with Gasteiger partial charge in [-0.25, -0.2) is 0 Å². The van der Waals surface area contributed by atoms with Crippen LogP contribution < -0.4 is 0 Å². The summed E-state index contributed by atoms with van der Waals surface area (Å²) in [5.74, 6) is 0. The van der Waals surface area contributed by atoms with Gasteiger partial charge in [-0.3, -0.25) is 0 Å². The second kappa shape index (κ2) is 6.30. The predicted molar refractivity (Wildman–Crippen MR) is 93.5 cm³/mol. The number of aryl methyl sites for hydroxylation is 2. The largest absolute Gasteiger partial charge is 0.0840 e. The molecule has 0 spiro atoms. The van der Waals surface area contributed by atoms with E-state index in [4.69, 9.17) is 11.6 Å². The zero-order chi connectivity index (χ0) is 14.2. The van der Waals surface area contributed by atoms with Gasteiger partial charge in [0.25, 0.3) is 0 Å². The number of benzene rings is 2. The molecule has 100 valence electrons. The molecule has 2 aromatic rings. The van der Waals surface area contributed by atoms with Crippen molar-refractivity contribution in [1.82, 2.24) is 0 Å².